The van der Waals surface area contributed by atoms with Crippen LogP contribution in [0.15, 0.2) is 54.9 Å². The molecule has 2 N–H and O–H groups in total. The van der Waals surface area contributed by atoms with Gasteiger partial charge < -0.3 is 9.84 Å². The van der Waals surface area contributed by atoms with Gasteiger partial charge in [-0.1, -0.05) is 6.07 Å². The van der Waals surface area contributed by atoms with Crippen LogP contribution >= 0.6 is 0 Å². The summed E-state index contributed by atoms with van der Waals surface area (Å²) in [6.45, 7) is 3.82. The molecular formula is C23H24FN3O3. The molecule has 156 valence electrons. The monoisotopic (exact) mass is 409 g/mol. The van der Waals surface area contributed by atoms with E-state index in [-0.39, 0.29) is 19.0 Å². The lowest BCUT2D eigenvalue weighted by molar-refractivity contribution is -0.154. The quantitative estimate of drug-likeness (QED) is 0.439. The second kappa shape index (κ2) is 10.0. The molecule has 1 aromatic carbocycles. The summed E-state index contributed by atoms with van der Waals surface area (Å²) in [4.78, 5) is 20.3. The first-order valence-corrected chi connectivity index (χ1v) is 9.70. The Balaban J connectivity index is 1.75. The van der Waals surface area contributed by atoms with Crippen molar-refractivity contribution in [2.45, 2.75) is 33.0 Å². The van der Waals surface area contributed by atoms with Crippen molar-refractivity contribution in [1.82, 2.24) is 15.3 Å². The Morgan fingerprint density at radius 1 is 1.20 bits per heavy atom. The SMILES string of the molecule is CCOC(=O)[C@@H](O)NCc1cc(Cc2cccnc2-c2ccc(F)c(C)c2)ccn1. The fraction of sp³-hybridized carbons (Fsp3) is 0.261. The number of nitrogens with zero attached hydrogens (tertiary/aromatic N) is 2. The number of carbonyl (C=O) groups excluding carboxylic acids is 1. The van der Waals surface area contributed by atoms with Crippen LogP contribution in [0.3, 0.4) is 0 Å². The molecule has 0 spiro atoms. The number of aliphatic hydroxyl groups is 1. The number of aryl methyl sites for hydroxylation is 1. The highest BCUT2D eigenvalue weighted by molar-refractivity contribution is 5.73. The van der Waals surface area contributed by atoms with Crippen LogP contribution in [0.4, 0.5) is 4.39 Å². The van der Waals surface area contributed by atoms with Crippen LogP contribution in [0.5, 0.6) is 0 Å². The molecule has 0 saturated heterocycles. The number of pyridine rings is 2. The number of esters is 1. The lowest BCUT2D eigenvalue weighted by atomic mass is 9.98. The average Bonchev–Trinajstić information content (AvgIpc) is 2.75. The Labute approximate surface area is 174 Å². The third-order valence-corrected chi connectivity index (χ3v) is 4.58. The predicted molar refractivity (Wildman–Crippen MR) is 111 cm³/mol. The summed E-state index contributed by atoms with van der Waals surface area (Å²) in [5.41, 5.74) is 4.91. The van der Waals surface area contributed by atoms with Crippen molar-refractivity contribution in [1.29, 1.82) is 0 Å². The molecule has 0 saturated carbocycles. The van der Waals surface area contributed by atoms with Gasteiger partial charge in [0.25, 0.3) is 0 Å². The van der Waals surface area contributed by atoms with Crippen LogP contribution in [0.25, 0.3) is 11.3 Å². The Bertz CT molecular complexity index is 1030. The zero-order valence-electron chi connectivity index (χ0n) is 16.9. The van der Waals surface area contributed by atoms with Gasteiger partial charge in [0, 0.05) is 24.5 Å². The maximum absolute atomic E-state index is 13.6. The van der Waals surface area contributed by atoms with E-state index >= 15 is 0 Å². The average molecular weight is 409 g/mol. The van der Waals surface area contributed by atoms with Gasteiger partial charge in [-0.05, 0) is 73.4 Å². The lowest BCUT2D eigenvalue weighted by Gasteiger charge is -2.12. The highest BCUT2D eigenvalue weighted by Gasteiger charge is 2.15. The van der Waals surface area contributed by atoms with Gasteiger partial charge in [0.15, 0.2) is 0 Å². The first-order chi connectivity index (χ1) is 14.5. The van der Waals surface area contributed by atoms with Crippen LogP contribution in [0, 0.1) is 12.7 Å². The van der Waals surface area contributed by atoms with Crippen LogP contribution in [0.2, 0.25) is 0 Å². The smallest absolute Gasteiger partial charge is 0.350 e. The van der Waals surface area contributed by atoms with Gasteiger partial charge in [-0.3, -0.25) is 15.3 Å². The number of aromatic nitrogens is 2. The first-order valence-electron chi connectivity index (χ1n) is 9.70. The Morgan fingerprint density at radius 2 is 2.03 bits per heavy atom. The molecule has 0 aliphatic carbocycles. The summed E-state index contributed by atoms with van der Waals surface area (Å²) in [5.74, 6) is -0.962. The number of benzene rings is 1. The highest BCUT2D eigenvalue weighted by Crippen LogP contribution is 2.25. The summed E-state index contributed by atoms with van der Waals surface area (Å²) in [5, 5.41) is 12.5. The second-order valence-electron chi connectivity index (χ2n) is 6.84. The number of ether oxygens (including phenoxy) is 1. The van der Waals surface area contributed by atoms with E-state index in [0.29, 0.717) is 17.7 Å². The van der Waals surface area contributed by atoms with Gasteiger partial charge >= 0.3 is 5.97 Å². The molecular weight excluding hydrogens is 385 g/mol. The van der Waals surface area contributed by atoms with Crippen LogP contribution in [0.1, 0.15) is 29.3 Å². The molecule has 0 bridgehead atoms. The fourth-order valence-corrected chi connectivity index (χ4v) is 3.09. The third kappa shape index (κ3) is 5.46. The molecule has 0 fully saturated rings. The summed E-state index contributed by atoms with van der Waals surface area (Å²) in [6.07, 6.45) is 2.61. The minimum absolute atomic E-state index is 0.201. The predicted octanol–water partition coefficient (Wildman–Crippen LogP) is 3.15. The molecule has 0 unspecified atom stereocenters. The van der Waals surface area contributed by atoms with Crippen LogP contribution < -0.4 is 5.32 Å². The van der Waals surface area contributed by atoms with E-state index in [2.05, 4.69) is 15.3 Å². The van der Waals surface area contributed by atoms with Gasteiger partial charge in [-0.2, -0.15) is 0 Å². The van der Waals surface area contributed by atoms with E-state index < -0.39 is 12.2 Å². The fourth-order valence-electron chi connectivity index (χ4n) is 3.09. The zero-order chi connectivity index (χ0) is 21.5. The van der Waals surface area contributed by atoms with E-state index in [9.17, 15) is 14.3 Å². The van der Waals surface area contributed by atoms with Crippen molar-refractivity contribution >= 4 is 5.97 Å². The molecule has 0 amide bonds. The molecule has 3 rings (SSSR count). The number of hydrogen-bond donors (Lipinski definition) is 2. The molecule has 7 heteroatoms. The number of halogens is 1. The Hall–Kier alpha value is -3.16. The van der Waals surface area contributed by atoms with Crippen molar-refractivity contribution in [2.24, 2.45) is 0 Å². The van der Waals surface area contributed by atoms with E-state index in [1.165, 1.54) is 6.07 Å². The number of carbonyl (C=O) groups is 1. The number of hydrogen-bond acceptors (Lipinski definition) is 6. The number of aliphatic hydroxyl groups excluding tert-OH is 1. The van der Waals surface area contributed by atoms with Gasteiger partial charge in [-0.25, -0.2) is 9.18 Å². The van der Waals surface area contributed by atoms with E-state index in [1.807, 2.05) is 24.3 Å². The summed E-state index contributed by atoms with van der Waals surface area (Å²) in [6, 6.07) is 12.6. The van der Waals surface area contributed by atoms with Crippen molar-refractivity contribution in [3.8, 4) is 11.3 Å². The molecule has 0 aliphatic heterocycles. The van der Waals surface area contributed by atoms with E-state index in [1.54, 1.807) is 38.4 Å². The molecule has 3 aromatic rings. The Kier molecular flexibility index (Phi) is 7.21. The molecule has 1 atom stereocenters. The highest BCUT2D eigenvalue weighted by atomic mass is 19.1. The topological polar surface area (TPSA) is 84.3 Å². The maximum Gasteiger partial charge on any atom is 0.350 e. The van der Waals surface area contributed by atoms with Gasteiger partial charge in [-0.15, -0.1) is 0 Å². The summed E-state index contributed by atoms with van der Waals surface area (Å²) >= 11 is 0. The lowest BCUT2D eigenvalue weighted by Crippen LogP contribution is -2.37. The van der Waals surface area contributed by atoms with Gasteiger partial charge in [0.1, 0.15) is 5.82 Å². The molecule has 2 aromatic heterocycles. The zero-order valence-corrected chi connectivity index (χ0v) is 16.9. The minimum atomic E-state index is -1.40. The van der Waals surface area contributed by atoms with Gasteiger partial charge in [0.05, 0.1) is 18.0 Å². The van der Waals surface area contributed by atoms with Crippen molar-refractivity contribution < 1.29 is 19.0 Å². The normalized spacial score (nSPS) is 11.9. The van der Waals surface area contributed by atoms with E-state index in [0.717, 1.165) is 22.4 Å². The van der Waals surface area contributed by atoms with Gasteiger partial charge in [0.2, 0.25) is 6.23 Å². The van der Waals surface area contributed by atoms with Crippen molar-refractivity contribution in [3.05, 3.63) is 83.1 Å². The molecule has 0 aliphatic rings. The molecule has 30 heavy (non-hydrogen) atoms. The summed E-state index contributed by atoms with van der Waals surface area (Å²) < 4.78 is 18.4. The van der Waals surface area contributed by atoms with Crippen molar-refractivity contribution in [3.63, 3.8) is 0 Å². The minimum Gasteiger partial charge on any atom is -0.463 e. The van der Waals surface area contributed by atoms with Crippen LogP contribution in [-0.2, 0) is 22.5 Å². The molecule has 0 radical (unpaired) electrons. The standard InChI is InChI=1S/C23H24FN3O3/c1-3-30-23(29)22(28)27-14-19-13-16(8-10-25-19)12-17-5-4-9-26-21(17)18-6-7-20(24)15(2)11-18/h4-11,13,22,27-28H,3,12,14H2,1-2H3/t22-/m1/s1. The number of rotatable bonds is 8. The maximum atomic E-state index is 13.6. The van der Waals surface area contributed by atoms with E-state index in [4.69, 9.17) is 4.74 Å². The third-order valence-electron chi connectivity index (χ3n) is 4.58. The number of nitrogens with one attached hydrogen (secondary N) is 1. The summed E-state index contributed by atoms with van der Waals surface area (Å²) in [7, 11) is 0. The largest absolute Gasteiger partial charge is 0.463 e. The van der Waals surface area contributed by atoms with Crippen LogP contribution in [-0.4, -0.2) is 33.9 Å². The first kappa shape index (κ1) is 21.5. The Morgan fingerprint density at radius 3 is 2.80 bits per heavy atom. The second-order valence-corrected chi connectivity index (χ2v) is 6.84. The molecule has 6 nitrogen and oxygen atoms in total. The molecule has 2 heterocycles. The van der Waals surface area contributed by atoms with Crippen molar-refractivity contribution in [2.75, 3.05) is 6.61 Å².